The summed E-state index contributed by atoms with van der Waals surface area (Å²) in [4.78, 5) is 11.7. The number of anilines is 1. The molecule has 0 aliphatic carbocycles. The third-order valence-electron chi connectivity index (χ3n) is 2.61. The molecule has 0 aliphatic rings. The van der Waals surface area contributed by atoms with E-state index in [9.17, 15) is 4.79 Å². The van der Waals surface area contributed by atoms with Crippen LogP contribution in [0.25, 0.3) is 0 Å². The molecule has 3 N–H and O–H groups in total. The van der Waals surface area contributed by atoms with Crippen molar-refractivity contribution in [1.29, 1.82) is 0 Å². The summed E-state index contributed by atoms with van der Waals surface area (Å²) in [5, 5.41) is 14.2. The Morgan fingerprint density at radius 1 is 1.45 bits per heavy atom. The molecule has 0 fully saturated rings. The Hall–Kier alpha value is -2.19. The van der Waals surface area contributed by atoms with Crippen molar-refractivity contribution >= 4 is 11.7 Å². The molecule has 1 rings (SSSR count). The van der Waals surface area contributed by atoms with Crippen molar-refractivity contribution in [2.24, 2.45) is 0 Å². The van der Waals surface area contributed by atoms with Gasteiger partial charge in [0.05, 0.1) is 0 Å². The largest absolute Gasteiger partial charge is 0.481 e. The average molecular weight is 276 g/mol. The molecule has 20 heavy (non-hydrogen) atoms. The Kier molecular flexibility index (Phi) is 7.01. The Morgan fingerprint density at radius 2 is 2.15 bits per heavy atom. The molecule has 0 radical (unpaired) electrons. The van der Waals surface area contributed by atoms with Crippen LogP contribution in [0.5, 0.6) is 5.75 Å². The Labute approximate surface area is 119 Å². The lowest BCUT2D eigenvalue weighted by Gasteiger charge is -2.14. The van der Waals surface area contributed by atoms with Crippen molar-refractivity contribution in [2.45, 2.75) is 25.8 Å². The highest BCUT2D eigenvalue weighted by molar-refractivity contribution is 5.89. The summed E-state index contributed by atoms with van der Waals surface area (Å²) in [6.45, 7) is 2.24. The summed E-state index contributed by atoms with van der Waals surface area (Å²) < 4.78 is 5.24. The van der Waals surface area contributed by atoms with Gasteiger partial charge >= 0.3 is 6.03 Å². The van der Waals surface area contributed by atoms with Gasteiger partial charge in [0.25, 0.3) is 0 Å². The summed E-state index contributed by atoms with van der Waals surface area (Å²) in [5.74, 6) is 3.04. The van der Waals surface area contributed by atoms with Crippen LogP contribution >= 0.6 is 0 Å². The third kappa shape index (κ3) is 6.12. The van der Waals surface area contributed by atoms with Crippen LogP contribution in [-0.2, 0) is 0 Å². The molecule has 0 saturated heterocycles. The van der Waals surface area contributed by atoms with Crippen molar-refractivity contribution in [3.63, 3.8) is 0 Å². The van der Waals surface area contributed by atoms with E-state index in [1.807, 2.05) is 6.92 Å². The van der Waals surface area contributed by atoms with E-state index < -0.39 is 0 Å². The highest BCUT2D eigenvalue weighted by atomic mass is 16.5. The number of aliphatic hydroxyl groups is 1. The van der Waals surface area contributed by atoms with Crippen LogP contribution in [0.15, 0.2) is 24.3 Å². The second-order valence-electron chi connectivity index (χ2n) is 4.38. The van der Waals surface area contributed by atoms with E-state index in [0.717, 1.165) is 6.42 Å². The van der Waals surface area contributed by atoms with E-state index >= 15 is 0 Å². The van der Waals surface area contributed by atoms with E-state index in [1.165, 1.54) is 0 Å². The second kappa shape index (κ2) is 8.83. The first-order chi connectivity index (χ1) is 9.65. The van der Waals surface area contributed by atoms with Crippen LogP contribution in [0.2, 0.25) is 0 Å². The van der Waals surface area contributed by atoms with Gasteiger partial charge in [-0.3, -0.25) is 0 Å². The first-order valence-corrected chi connectivity index (χ1v) is 6.50. The van der Waals surface area contributed by atoms with Gasteiger partial charge < -0.3 is 20.5 Å². The fraction of sp³-hybridized carbons (Fsp3) is 0.400. The summed E-state index contributed by atoms with van der Waals surface area (Å²) in [6, 6.07) is 6.70. The molecule has 0 aromatic heterocycles. The Balaban J connectivity index is 2.40. The zero-order valence-corrected chi connectivity index (χ0v) is 11.6. The van der Waals surface area contributed by atoms with Gasteiger partial charge in [0, 0.05) is 18.3 Å². The Morgan fingerprint density at radius 3 is 2.75 bits per heavy atom. The van der Waals surface area contributed by atoms with Gasteiger partial charge in [-0.1, -0.05) is 5.92 Å². The highest BCUT2D eigenvalue weighted by Crippen LogP contribution is 2.15. The number of terminal acetylenes is 1. The van der Waals surface area contributed by atoms with Crippen LogP contribution in [-0.4, -0.2) is 30.4 Å². The molecule has 5 heteroatoms. The molecule has 0 aliphatic heterocycles. The van der Waals surface area contributed by atoms with Gasteiger partial charge in [0.15, 0.2) is 0 Å². The number of nitrogens with one attached hydrogen (secondary N) is 2. The van der Waals surface area contributed by atoms with E-state index in [4.69, 9.17) is 16.3 Å². The molecular formula is C15H20N2O3. The number of hydrogen-bond acceptors (Lipinski definition) is 3. The zero-order valence-electron chi connectivity index (χ0n) is 11.6. The lowest BCUT2D eigenvalue weighted by Crippen LogP contribution is -2.36. The molecule has 2 amide bonds. The first-order valence-electron chi connectivity index (χ1n) is 6.50. The normalized spacial score (nSPS) is 11.2. The van der Waals surface area contributed by atoms with Gasteiger partial charge in [0.1, 0.15) is 12.4 Å². The van der Waals surface area contributed by atoms with E-state index in [-0.39, 0.29) is 25.3 Å². The predicted octanol–water partition coefficient (Wildman–Crippen LogP) is 1.98. The quantitative estimate of drug-likeness (QED) is 0.667. The Bertz CT molecular complexity index is 451. The molecule has 0 bridgehead atoms. The molecule has 1 aromatic carbocycles. The lowest BCUT2D eigenvalue weighted by atomic mass is 10.2. The molecule has 1 unspecified atom stereocenters. The minimum Gasteiger partial charge on any atom is -0.481 e. The maximum Gasteiger partial charge on any atom is 0.319 e. The number of carbonyl (C=O) groups is 1. The van der Waals surface area contributed by atoms with Crippen LogP contribution in [0, 0.1) is 12.3 Å². The third-order valence-corrected chi connectivity index (χ3v) is 2.61. The first kappa shape index (κ1) is 15.9. The molecule has 0 saturated carbocycles. The number of ether oxygens (including phenoxy) is 1. The van der Waals surface area contributed by atoms with Crippen LogP contribution in [0.3, 0.4) is 0 Å². The number of amides is 2. The number of carbonyl (C=O) groups excluding carboxylic acids is 1. The number of benzene rings is 1. The molecule has 0 spiro atoms. The number of urea groups is 1. The SMILES string of the molecule is C#CCOc1ccc(NC(=O)NC(C)CCCO)cc1. The van der Waals surface area contributed by atoms with Crippen molar-refractivity contribution < 1.29 is 14.6 Å². The van der Waals surface area contributed by atoms with Crippen molar-refractivity contribution in [3.05, 3.63) is 24.3 Å². The molecular weight excluding hydrogens is 256 g/mol. The van der Waals surface area contributed by atoms with E-state index in [1.54, 1.807) is 24.3 Å². The van der Waals surface area contributed by atoms with Crippen molar-refractivity contribution in [3.8, 4) is 18.1 Å². The number of hydrogen-bond donors (Lipinski definition) is 3. The topological polar surface area (TPSA) is 70.6 Å². The number of rotatable bonds is 7. The maximum atomic E-state index is 11.7. The van der Waals surface area contributed by atoms with Gasteiger partial charge in [-0.05, 0) is 44.0 Å². The molecule has 1 atom stereocenters. The summed E-state index contributed by atoms with van der Waals surface area (Å²) in [6.07, 6.45) is 6.51. The van der Waals surface area contributed by atoms with Crippen molar-refractivity contribution in [2.75, 3.05) is 18.5 Å². The molecule has 0 heterocycles. The summed E-state index contributed by atoms with van der Waals surface area (Å²) >= 11 is 0. The highest BCUT2D eigenvalue weighted by Gasteiger charge is 2.07. The second-order valence-corrected chi connectivity index (χ2v) is 4.38. The molecule has 108 valence electrons. The summed E-state index contributed by atoms with van der Waals surface area (Å²) in [7, 11) is 0. The van der Waals surface area contributed by atoms with Gasteiger partial charge in [-0.15, -0.1) is 6.42 Å². The van der Waals surface area contributed by atoms with Crippen LogP contribution in [0.1, 0.15) is 19.8 Å². The van der Waals surface area contributed by atoms with Gasteiger partial charge in [-0.25, -0.2) is 4.79 Å². The van der Waals surface area contributed by atoms with Crippen LogP contribution in [0.4, 0.5) is 10.5 Å². The summed E-state index contributed by atoms with van der Waals surface area (Å²) in [5.41, 5.74) is 0.671. The minimum absolute atomic E-state index is 0.0142. The molecule has 5 nitrogen and oxygen atoms in total. The van der Waals surface area contributed by atoms with E-state index in [0.29, 0.717) is 17.9 Å². The van der Waals surface area contributed by atoms with Crippen molar-refractivity contribution in [1.82, 2.24) is 5.32 Å². The predicted molar refractivity (Wildman–Crippen MR) is 78.7 cm³/mol. The van der Waals surface area contributed by atoms with Gasteiger partial charge in [0.2, 0.25) is 0 Å². The smallest absolute Gasteiger partial charge is 0.319 e. The fourth-order valence-electron chi connectivity index (χ4n) is 1.62. The minimum atomic E-state index is -0.271. The zero-order chi connectivity index (χ0) is 14.8. The van der Waals surface area contributed by atoms with Gasteiger partial charge in [-0.2, -0.15) is 0 Å². The molecule has 1 aromatic rings. The fourth-order valence-corrected chi connectivity index (χ4v) is 1.62. The standard InChI is InChI=1S/C15H20N2O3/c1-3-11-20-14-8-6-13(7-9-14)17-15(19)16-12(2)5-4-10-18/h1,6-9,12,18H,4-5,10-11H2,2H3,(H2,16,17,19). The lowest BCUT2D eigenvalue weighted by molar-refractivity contribution is 0.245. The monoisotopic (exact) mass is 276 g/mol. The average Bonchev–Trinajstić information content (AvgIpc) is 2.44. The maximum absolute atomic E-state index is 11.7. The van der Waals surface area contributed by atoms with E-state index in [2.05, 4.69) is 16.6 Å². The van der Waals surface area contributed by atoms with Crippen LogP contribution < -0.4 is 15.4 Å². The number of aliphatic hydroxyl groups excluding tert-OH is 1.